The second-order valence-corrected chi connectivity index (χ2v) is 7.66. The van der Waals surface area contributed by atoms with Gasteiger partial charge in [-0.3, -0.25) is 9.69 Å². The number of carbonyl (C=O) groups is 2. The molecule has 0 bridgehead atoms. The van der Waals surface area contributed by atoms with E-state index >= 15 is 0 Å². The van der Waals surface area contributed by atoms with E-state index in [1.807, 2.05) is 48.5 Å². The van der Waals surface area contributed by atoms with E-state index in [1.165, 1.54) is 18.2 Å². The number of carboxylic acid groups (broad SMARTS) is 1. The molecule has 0 saturated carbocycles. The minimum atomic E-state index is -1.24. The number of carbonyl (C=O) groups excluding carboxylic acids is 1. The summed E-state index contributed by atoms with van der Waals surface area (Å²) in [5.74, 6) is -2.02. The smallest absolute Gasteiger partial charge is 0.410 e. The molecule has 0 atom stereocenters. The largest absolute Gasteiger partial charge is 0.480 e. The average molecular weight is 440 g/mol. The average Bonchev–Trinajstić information content (AvgIpc) is 3.07. The molecule has 3 aromatic rings. The number of aliphatic carboxylic acids is 1. The zero-order valence-corrected chi connectivity index (χ0v) is 17.2. The van der Waals surface area contributed by atoms with E-state index in [0.717, 1.165) is 27.2 Å². The van der Waals surface area contributed by atoms with Crippen LogP contribution in [0, 0.1) is 5.82 Å². The predicted molar refractivity (Wildman–Crippen MR) is 115 cm³/mol. The molecule has 0 aliphatic heterocycles. The minimum Gasteiger partial charge on any atom is -0.480 e. The fraction of sp³-hybridized carbons (Fsp3) is 0.167. The van der Waals surface area contributed by atoms with Crippen molar-refractivity contribution in [2.24, 2.45) is 0 Å². The summed E-state index contributed by atoms with van der Waals surface area (Å²) in [7, 11) is 0. The molecule has 7 heteroatoms. The fourth-order valence-electron chi connectivity index (χ4n) is 3.91. The van der Waals surface area contributed by atoms with Crippen LogP contribution in [-0.4, -0.2) is 35.2 Å². The molecule has 158 valence electrons. The maximum absolute atomic E-state index is 14.2. The standard InChI is InChI=1S/C24H19ClFNO4/c25-21-10-5-11-22(26)19(21)12-27(13-23(28)29)24(30)31-14-20-17-8-3-1-6-15(17)16-7-2-4-9-18(16)20/h1-11,20H,12-14H2,(H,28,29). The second kappa shape index (κ2) is 8.78. The first-order chi connectivity index (χ1) is 15.0. The zero-order valence-electron chi connectivity index (χ0n) is 16.4. The van der Waals surface area contributed by atoms with Crippen molar-refractivity contribution in [3.05, 3.63) is 94.3 Å². The quantitative estimate of drug-likeness (QED) is 0.564. The Bertz CT molecular complexity index is 1080. The van der Waals surface area contributed by atoms with Gasteiger partial charge < -0.3 is 9.84 Å². The molecule has 0 heterocycles. The zero-order chi connectivity index (χ0) is 22.0. The Kier molecular flexibility index (Phi) is 5.91. The highest BCUT2D eigenvalue weighted by Crippen LogP contribution is 2.44. The Morgan fingerprint density at radius 3 is 2.16 bits per heavy atom. The summed E-state index contributed by atoms with van der Waals surface area (Å²) in [6, 6.07) is 19.9. The molecule has 1 aliphatic carbocycles. The normalized spacial score (nSPS) is 12.2. The Balaban J connectivity index is 1.54. The molecule has 0 spiro atoms. The molecule has 3 aromatic carbocycles. The van der Waals surface area contributed by atoms with Gasteiger partial charge in [-0.2, -0.15) is 0 Å². The number of rotatable bonds is 6. The maximum Gasteiger partial charge on any atom is 0.410 e. The molecular weight excluding hydrogens is 421 g/mol. The van der Waals surface area contributed by atoms with Crippen LogP contribution < -0.4 is 0 Å². The SMILES string of the molecule is O=C(O)CN(Cc1c(F)cccc1Cl)C(=O)OCC1c2ccccc2-c2ccccc21. The second-order valence-electron chi connectivity index (χ2n) is 7.25. The van der Waals surface area contributed by atoms with Crippen molar-refractivity contribution in [1.82, 2.24) is 4.90 Å². The lowest BCUT2D eigenvalue weighted by molar-refractivity contribution is -0.138. The third kappa shape index (κ3) is 4.25. The van der Waals surface area contributed by atoms with Crippen molar-refractivity contribution in [3.8, 4) is 11.1 Å². The van der Waals surface area contributed by atoms with E-state index in [9.17, 15) is 19.1 Å². The van der Waals surface area contributed by atoms with E-state index in [4.69, 9.17) is 16.3 Å². The molecule has 0 unspecified atom stereocenters. The molecule has 0 saturated heterocycles. The first-order valence-corrected chi connectivity index (χ1v) is 10.1. The first kappa shape index (κ1) is 20.9. The highest BCUT2D eigenvalue weighted by Gasteiger charge is 2.30. The number of nitrogens with zero attached hydrogens (tertiary/aromatic N) is 1. The van der Waals surface area contributed by atoms with Gasteiger partial charge in [-0.1, -0.05) is 66.2 Å². The van der Waals surface area contributed by atoms with Crippen LogP contribution in [0.5, 0.6) is 0 Å². The lowest BCUT2D eigenvalue weighted by Gasteiger charge is -2.22. The topological polar surface area (TPSA) is 66.8 Å². The lowest BCUT2D eigenvalue weighted by atomic mass is 9.98. The van der Waals surface area contributed by atoms with Gasteiger partial charge >= 0.3 is 12.1 Å². The van der Waals surface area contributed by atoms with Crippen molar-refractivity contribution in [1.29, 1.82) is 0 Å². The minimum absolute atomic E-state index is 0.0357. The number of hydrogen-bond acceptors (Lipinski definition) is 3. The fourth-order valence-corrected chi connectivity index (χ4v) is 4.13. The van der Waals surface area contributed by atoms with Crippen LogP contribution in [0.4, 0.5) is 9.18 Å². The van der Waals surface area contributed by atoms with Crippen molar-refractivity contribution < 1.29 is 23.8 Å². The molecule has 4 rings (SSSR count). The van der Waals surface area contributed by atoms with Crippen LogP contribution >= 0.6 is 11.6 Å². The summed E-state index contributed by atoms with van der Waals surface area (Å²) >= 11 is 6.04. The van der Waals surface area contributed by atoms with Crippen LogP contribution in [-0.2, 0) is 16.1 Å². The van der Waals surface area contributed by atoms with E-state index in [-0.39, 0.29) is 29.7 Å². The van der Waals surface area contributed by atoms with Crippen molar-refractivity contribution >= 4 is 23.7 Å². The first-order valence-electron chi connectivity index (χ1n) is 9.70. The molecule has 1 aliphatic rings. The highest BCUT2D eigenvalue weighted by atomic mass is 35.5. The molecule has 31 heavy (non-hydrogen) atoms. The van der Waals surface area contributed by atoms with Gasteiger partial charge in [0.1, 0.15) is 19.0 Å². The molecule has 5 nitrogen and oxygen atoms in total. The summed E-state index contributed by atoms with van der Waals surface area (Å²) in [5.41, 5.74) is 4.29. The Labute approximate surface area is 183 Å². The van der Waals surface area contributed by atoms with Gasteiger partial charge in [0.15, 0.2) is 0 Å². The molecule has 1 amide bonds. The van der Waals surface area contributed by atoms with E-state index in [1.54, 1.807) is 0 Å². The van der Waals surface area contributed by atoms with Crippen LogP contribution in [0.15, 0.2) is 66.7 Å². The Morgan fingerprint density at radius 1 is 0.968 bits per heavy atom. The number of benzene rings is 3. The predicted octanol–water partition coefficient (Wildman–Crippen LogP) is 5.31. The van der Waals surface area contributed by atoms with Gasteiger partial charge in [0.05, 0.1) is 6.54 Å². The van der Waals surface area contributed by atoms with Gasteiger partial charge in [0.2, 0.25) is 0 Å². The molecular formula is C24H19ClFNO4. The number of halogens is 2. The summed E-state index contributed by atoms with van der Waals surface area (Å²) < 4.78 is 19.7. The van der Waals surface area contributed by atoms with Crippen molar-refractivity contribution in [3.63, 3.8) is 0 Å². The van der Waals surface area contributed by atoms with Gasteiger partial charge in [-0.25, -0.2) is 9.18 Å². The van der Waals surface area contributed by atoms with E-state index < -0.39 is 24.4 Å². The maximum atomic E-state index is 14.2. The van der Waals surface area contributed by atoms with Gasteiger partial charge in [-0.15, -0.1) is 0 Å². The van der Waals surface area contributed by atoms with Crippen molar-refractivity contribution in [2.75, 3.05) is 13.2 Å². The Hall–Kier alpha value is -3.38. The van der Waals surface area contributed by atoms with Crippen LogP contribution in [0.25, 0.3) is 11.1 Å². The third-order valence-electron chi connectivity index (χ3n) is 5.33. The molecule has 0 aromatic heterocycles. The van der Waals surface area contributed by atoms with E-state index in [2.05, 4.69) is 0 Å². The number of carboxylic acids is 1. The van der Waals surface area contributed by atoms with Gasteiger partial charge in [-0.05, 0) is 34.4 Å². The van der Waals surface area contributed by atoms with Gasteiger partial charge in [0.25, 0.3) is 0 Å². The molecule has 0 radical (unpaired) electrons. The molecule has 1 N–H and O–H groups in total. The number of hydrogen-bond donors (Lipinski definition) is 1. The summed E-state index contributed by atoms with van der Waals surface area (Å²) in [6.07, 6.45) is -0.844. The molecule has 0 fully saturated rings. The number of ether oxygens (including phenoxy) is 1. The Morgan fingerprint density at radius 2 is 1.58 bits per heavy atom. The number of fused-ring (bicyclic) bond motifs is 3. The summed E-state index contributed by atoms with van der Waals surface area (Å²) in [4.78, 5) is 25.0. The summed E-state index contributed by atoms with van der Waals surface area (Å²) in [6.45, 7) is -0.913. The third-order valence-corrected chi connectivity index (χ3v) is 5.69. The van der Waals surface area contributed by atoms with E-state index in [0.29, 0.717) is 0 Å². The number of amides is 1. The highest BCUT2D eigenvalue weighted by molar-refractivity contribution is 6.31. The van der Waals surface area contributed by atoms with Crippen LogP contribution in [0.1, 0.15) is 22.6 Å². The van der Waals surface area contributed by atoms with Gasteiger partial charge in [0, 0.05) is 16.5 Å². The van der Waals surface area contributed by atoms with Crippen LogP contribution in [0.3, 0.4) is 0 Å². The lowest BCUT2D eigenvalue weighted by Crippen LogP contribution is -2.36. The van der Waals surface area contributed by atoms with Crippen LogP contribution in [0.2, 0.25) is 5.02 Å². The van der Waals surface area contributed by atoms with Crippen molar-refractivity contribution in [2.45, 2.75) is 12.5 Å². The summed E-state index contributed by atoms with van der Waals surface area (Å²) in [5, 5.41) is 9.33. The monoisotopic (exact) mass is 439 g/mol.